The van der Waals surface area contributed by atoms with Gasteiger partial charge < -0.3 is 5.32 Å². The molecular weight excluding hydrogens is 223 g/mol. The maximum Gasteiger partial charge on any atom is 0.295 e. The number of hydrogen-bond donors (Lipinski definition) is 1. The third kappa shape index (κ3) is 3.15. The number of nitrogens with one attached hydrogen (secondary N) is 1. The fourth-order valence-corrected chi connectivity index (χ4v) is 1.73. The molecule has 1 unspecified atom stereocenters. The highest BCUT2D eigenvalue weighted by Gasteiger charge is 2.21. The van der Waals surface area contributed by atoms with E-state index in [0.29, 0.717) is 0 Å². The van der Waals surface area contributed by atoms with Crippen LogP contribution in [0.3, 0.4) is 0 Å². The van der Waals surface area contributed by atoms with Crippen molar-refractivity contribution in [3.63, 3.8) is 0 Å². The summed E-state index contributed by atoms with van der Waals surface area (Å²) >= 11 is 0. The first-order valence-electron chi connectivity index (χ1n) is 5.66. The van der Waals surface area contributed by atoms with Crippen LogP contribution in [0.1, 0.15) is 27.2 Å². The van der Waals surface area contributed by atoms with Crippen LogP contribution >= 0.6 is 0 Å². The van der Waals surface area contributed by atoms with Gasteiger partial charge in [0.2, 0.25) is 0 Å². The van der Waals surface area contributed by atoms with E-state index in [1.165, 1.54) is 18.2 Å². The summed E-state index contributed by atoms with van der Waals surface area (Å²) in [7, 11) is 0. The molecule has 1 rings (SSSR count). The Labute approximate surface area is 100.0 Å². The molecule has 1 aromatic carbocycles. The number of nitro groups is 1. The smallest absolute Gasteiger partial charge is 0.295 e. The van der Waals surface area contributed by atoms with Gasteiger partial charge in [0, 0.05) is 12.1 Å². The van der Waals surface area contributed by atoms with E-state index in [-0.39, 0.29) is 23.3 Å². The zero-order valence-electron chi connectivity index (χ0n) is 10.2. The SMILES string of the molecule is CCC(Nc1c(F)cccc1[N+](=O)[O-])C(C)C. The molecule has 5 heteroatoms. The lowest BCUT2D eigenvalue weighted by atomic mass is 10.0. The predicted octanol–water partition coefficient (Wildman–Crippen LogP) is 3.58. The van der Waals surface area contributed by atoms with Gasteiger partial charge >= 0.3 is 0 Å². The molecule has 0 aromatic heterocycles. The minimum Gasteiger partial charge on any atom is -0.374 e. The van der Waals surface area contributed by atoms with Crippen LogP contribution in [-0.4, -0.2) is 11.0 Å². The van der Waals surface area contributed by atoms with Crippen LogP contribution in [-0.2, 0) is 0 Å². The van der Waals surface area contributed by atoms with Crippen LogP contribution in [0.4, 0.5) is 15.8 Å². The van der Waals surface area contributed by atoms with Crippen molar-refractivity contribution in [2.24, 2.45) is 5.92 Å². The van der Waals surface area contributed by atoms with E-state index >= 15 is 0 Å². The summed E-state index contributed by atoms with van der Waals surface area (Å²) in [6, 6.07) is 3.89. The number of nitrogens with zero attached hydrogens (tertiary/aromatic N) is 1. The molecular formula is C12H17FN2O2. The van der Waals surface area contributed by atoms with Crippen LogP contribution in [0.2, 0.25) is 0 Å². The molecule has 0 fully saturated rings. The Balaban J connectivity index is 3.07. The first-order valence-corrected chi connectivity index (χ1v) is 5.66. The zero-order chi connectivity index (χ0) is 13.0. The Hall–Kier alpha value is -1.65. The summed E-state index contributed by atoms with van der Waals surface area (Å²) in [5.74, 6) is -0.308. The molecule has 0 aliphatic carbocycles. The normalized spacial score (nSPS) is 12.5. The maximum absolute atomic E-state index is 13.6. The molecule has 0 aliphatic heterocycles. The molecule has 1 atom stereocenters. The minimum absolute atomic E-state index is 0.0157. The predicted molar refractivity (Wildman–Crippen MR) is 65.6 cm³/mol. The van der Waals surface area contributed by atoms with E-state index in [1.54, 1.807) is 0 Å². The van der Waals surface area contributed by atoms with E-state index in [4.69, 9.17) is 0 Å². The minimum atomic E-state index is -0.585. The third-order valence-corrected chi connectivity index (χ3v) is 2.76. The second-order valence-corrected chi connectivity index (χ2v) is 4.29. The first-order chi connectivity index (χ1) is 7.97. The van der Waals surface area contributed by atoms with Gasteiger partial charge in [-0.3, -0.25) is 10.1 Å². The van der Waals surface area contributed by atoms with Gasteiger partial charge in [-0.1, -0.05) is 26.8 Å². The number of benzene rings is 1. The highest BCUT2D eigenvalue weighted by molar-refractivity contribution is 5.62. The van der Waals surface area contributed by atoms with Crippen molar-refractivity contribution in [2.45, 2.75) is 33.2 Å². The molecule has 94 valence electrons. The van der Waals surface area contributed by atoms with Gasteiger partial charge in [-0.05, 0) is 18.4 Å². The molecule has 1 N–H and O–H groups in total. The number of para-hydroxylation sites is 1. The van der Waals surface area contributed by atoms with Crippen molar-refractivity contribution in [3.05, 3.63) is 34.1 Å². The van der Waals surface area contributed by atoms with Crippen molar-refractivity contribution >= 4 is 11.4 Å². The lowest BCUT2D eigenvalue weighted by molar-refractivity contribution is -0.384. The zero-order valence-corrected chi connectivity index (χ0v) is 10.2. The van der Waals surface area contributed by atoms with Crippen LogP contribution < -0.4 is 5.32 Å². The Morgan fingerprint density at radius 3 is 2.59 bits per heavy atom. The number of nitro benzene ring substituents is 1. The summed E-state index contributed by atoms with van der Waals surface area (Å²) in [4.78, 5) is 10.2. The van der Waals surface area contributed by atoms with Crippen molar-refractivity contribution in [1.29, 1.82) is 0 Å². The van der Waals surface area contributed by atoms with Crippen LogP contribution in [0.5, 0.6) is 0 Å². The summed E-state index contributed by atoms with van der Waals surface area (Å²) in [6.07, 6.45) is 0.781. The van der Waals surface area contributed by atoms with E-state index in [1.807, 2.05) is 20.8 Å². The number of anilines is 1. The van der Waals surface area contributed by atoms with Crippen LogP contribution in [0, 0.1) is 21.8 Å². The fraction of sp³-hybridized carbons (Fsp3) is 0.500. The van der Waals surface area contributed by atoms with Gasteiger partial charge in [0.25, 0.3) is 5.69 Å². The van der Waals surface area contributed by atoms with Crippen molar-refractivity contribution in [1.82, 2.24) is 0 Å². The molecule has 0 radical (unpaired) electrons. The van der Waals surface area contributed by atoms with Crippen molar-refractivity contribution in [2.75, 3.05) is 5.32 Å². The summed E-state index contributed by atoms with van der Waals surface area (Å²) in [5.41, 5.74) is -0.234. The Morgan fingerprint density at radius 1 is 1.47 bits per heavy atom. The van der Waals surface area contributed by atoms with Gasteiger partial charge in [-0.15, -0.1) is 0 Å². The molecule has 0 bridgehead atoms. The number of hydrogen-bond acceptors (Lipinski definition) is 3. The van der Waals surface area contributed by atoms with Crippen molar-refractivity contribution in [3.8, 4) is 0 Å². The van der Waals surface area contributed by atoms with Gasteiger partial charge in [0.1, 0.15) is 5.69 Å². The van der Waals surface area contributed by atoms with Gasteiger partial charge in [0.15, 0.2) is 5.82 Å². The van der Waals surface area contributed by atoms with Gasteiger partial charge in [-0.2, -0.15) is 0 Å². The van der Waals surface area contributed by atoms with Crippen LogP contribution in [0.15, 0.2) is 18.2 Å². The summed E-state index contributed by atoms with van der Waals surface area (Å²) in [5, 5.41) is 13.7. The lowest BCUT2D eigenvalue weighted by Crippen LogP contribution is -2.25. The van der Waals surface area contributed by atoms with Crippen molar-refractivity contribution < 1.29 is 9.31 Å². The lowest BCUT2D eigenvalue weighted by Gasteiger charge is -2.22. The molecule has 17 heavy (non-hydrogen) atoms. The Morgan fingerprint density at radius 2 is 2.12 bits per heavy atom. The average Bonchev–Trinajstić information content (AvgIpc) is 2.26. The molecule has 0 saturated carbocycles. The fourth-order valence-electron chi connectivity index (χ4n) is 1.73. The second-order valence-electron chi connectivity index (χ2n) is 4.29. The highest BCUT2D eigenvalue weighted by Crippen LogP contribution is 2.29. The van der Waals surface area contributed by atoms with E-state index in [0.717, 1.165) is 6.42 Å². The third-order valence-electron chi connectivity index (χ3n) is 2.76. The first kappa shape index (κ1) is 13.4. The van der Waals surface area contributed by atoms with E-state index in [9.17, 15) is 14.5 Å². The molecule has 4 nitrogen and oxygen atoms in total. The molecule has 0 spiro atoms. The number of rotatable bonds is 5. The Kier molecular flexibility index (Phi) is 4.43. The average molecular weight is 240 g/mol. The van der Waals surface area contributed by atoms with E-state index < -0.39 is 10.7 Å². The summed E-state index contributed by atoms with van der Waals surface area (Å²) in [6.45, 7) is 5.95. The number of halogens is 1. The van der Waals surface area contributed by atoms with Crippen LogP contribution in [0.25, 0.3) is 0 Å². The van der Waals surface area contributed by atoms with E-state index in [2.05, 4.69) is 5.32 Å². The largest absolute Gasteiger partial charge is 0.374 e. The molecule has 1 aromatic rings. The molecule has 0 heterocycles. The second kappa shape index (κ2) is 5.61. The summed E-state index contributed by atoms with van der Waals surface area (Å²) < 4.78 is 13.6. The quantitative estimate of drug-likeness (QED) is 0.632. The highest BCUT2D eigenvalue weighted by atomic mass is 19.1. The maximum atomic E-state index is 13.6. The topological polar surface area (TPSA) is 55.2 Å². The molecule has 0 aliphatic rings. The van der Waals surface area contributed by atoms with Gasteiger partial charge in [0.05, 0.1) is 4.92 Å². The standard InChI is InChI=1S/C12H17FN2O2/c1-4-10(8(2)3)14-12-9(13)6-5-7-11(12)15(16)17/h5-8,10,14H,4H2,1-3H3. The molecule has 0 saturated heterocycles. The molecule has 0 amide bonds. The monoisotopic (exact) mass is 240 g/mol. The van der Waals surface area contributed by atoms with Gasteiger partial charge in [-0.25, -0.2) is 4.39 Å². The Bertz CT molecular complexity index is 407.